The maximum absolute atomic E-state index is 12.3. The molecule has 0 aliphatic heterocycles. The number of para-hydroxylation sites is 2. The minimum atomic E-state index is -1.10. The first-order chi connectivity index (χ1) is 10.6. The predicted molar refractivity (Wildman–Crippen MR) is 86.1 cm³/mol. The number of hydrogen-bond acceptors (Lipinski definition) is 3. The number of carboxylic acid groups (broad SMARTS) is 1. The Hall–Kier alpha value is -2.35. The normalized spacial score (nSPS) is 10.1. The van der Waals surface area contributed by atoms with Gasteiger partial charge < -0.3 is 15.4 Å². The van der Waals surface area contributed by atoms with Crippen LogP contribution in [0.25, 0.3) is 11.0 Å². The van der Waals surface area contributed by atoms with Crippen LogP contribution >= 0.6 is 0 Å². The number of hydrogen-bond donors (Lipinski definition) is 3. The Morgan fingerprint density at radius 3 is 2.57 bits per heavy atom. The van der Waals surface area contributed by atoms with Crippen LogP contribution in [0.4, 0.5) is 10.5 Å². The number of carboxylic acids is 1. The fourth-order valence-electron chi connectivity index (χ4n) is 2.17. The van der Waals surface area contributed by atoms with Crippen molar-refractivity contribution < 1.29 is 14.7 Å². The molecule has 111 valence electrons. The molecule has 1 aromatic heterocycles. The van der Waals surface area contributed by atoms with Gasteiger partial charge in [0.1, 0.15) is 0 Å². The smallest absolute Gasteiger partial charge is 0.335 e. The predicted octanol–water partition coefficient (Wildman–Crippen LogP) is 1.73. The molecular formula is C15H11N3NaO4. The van der Waals surface area contributed by atoms with Gasteiger partial charge in [-0.15, -0.1) is 0 Å². The number of H-pyrrole nitrogens is 1. The average molecular weight is 320 g/mol. The number of nitrogens with zero attached hydrogens (tertiary/aromatic N) is 1. The molecule has 1 radical (unpaired) electrons. The van der Waals surface area contributed by atoms with Crippen LogP contribution in [0.2, 0.25) is 0 Å². The molecule has 23 heavy (non-hydrogen) atoms. The van der Waals surface area contributed by atoms with E-state index < -0.39 is 17.7 Å². The molecule has 0 saturated heterocycles. The second-order valence-corrected chi connectivity index (χ2v) is 4.60. The summed E-state index contributed by atoms with van der Waals surface area (Å²) in [5.41, 5.74) is 0.764. The molecule has 0 unspecified atom stereocenters. The Morgan fingerprint density at radius 2 is 1.83 bits per heavy atom. The topological polar surface area (TPSA) is 104 Å². The second kappa shape index (κ2) is 6.82. The number of nitrogens with one attached hydrogen (secondary N) is 2. The van der Waals surface area contributed by atoms with Crippen LogP contribution in [0.5, 0.6) is 0 Å². The van der Waals surface area contributed by atoms with E-state index in [2.05, 4.69) is 10.3 Å². The summed E-state index contributed by atoms with van der Waals surface area (Å²) in [4.78, 5) is 37.7. The van der Waals surface area contributed by atoms with Crippen molar-refractivity contribution in [3.05, 3.63) is 64.6 Å². The number of fused-ring (bicyclic) bond motifs is 1. The van der Waals surface area contributed by atoms with E-state index >= 15 is 0 Å². The van der Waals surface area contributed by atoms with Crippen molar-refractivity contribution in [3.8, 4) is 0 Å². The van der Waals surface area contributed by atoms with Crippen molar-refractivity contribution in [3.63, 3.8) is 0 Å². The molecule has 8 heteroatoms. The third-order valence-corrected chi connectivity index (χ3v) is 3.15. The first kappa shape index (κ1) is 17.0. The number of carbonyl (C=O) groups excluding carboxylic acids is 1. The van der Waals surface area contributed by atoms with Gasteiger partial charge >= 0.3 is 17.7 Å². The summed E-state index contributed by atoms with van der Waals surface area (Å²) in [6, 6.07) is 11.9. The fourth-order valence-corrected chi connectivity index (χ4v) is 2.17. The molecule has 0 atom stereocenters. The van der Waals surface area contributed by atoms with E-state index in [9.17, 15) is 14.4 Å². The molecule has 3 rings (SSSR count). The van der Waals surface area contributed by atoms with Gasteiger partial charge in [0.25, 0.3) is 0 Å². The summed E-state index contributed by atoms with van der Waals surface area (Å²) in [5.74, 6) is -1.10. The van der Waals surface area contributed by atoms with E-state index in [1.807, 2.05) is 0 Å². The number of aromatic nitrogens is 2. The van der Waals surface area contributed by atoms with Crippen molar-refractivity contribution in [2.45, 2.75) is 0 Å². The first-order valence-electron chi connectivity index (χ1n) is 6.41. The quantitative estimate of drug-likeness (QED) is 0.625. The zero-order valence-corrected chi connectivity index (χ0v) is 14.2. The third kappa shape index (κ3) is 3.37. The van der Waals surface area contributed by atoms with Gasteiger partial charge in [0.05, 0.1) is 16.6 Å². The van der Waals surface area contributed by atoms with Crippen LogP contribution in [0.3, 0.4) is 0 Å². The largest absolute Gasteiger partial charge is 0.478 e. The summed E-state index contributed by atoms with van der Waals surface area (Å²) >= 11 is 0. The van der Waals surface area contributed by atoms with Crippen LogP contribution in [0.1, 0.15) is 10.4 Å². The van der Waals surface area contributed by atoms with Gasteiger partial charge in [-0.25, -0.2) is 19.0 Å². The molecule has 0 aliphatic rings. The van der Waals surface area contributed by atoms with E-state index in [0.29, 0.717) is 16.7 Å². The Kier molecular flexibility index (Phi) is 5.05. The molecule has 3 aromatic rings. The minimum Gasteiger partial charge on any atom is -0.478 e. The number of aromatic carboxylic acids is 1. The maximum Gasteiger partial charge on any atom is 0.335 e. The van der Waals surface area contributed by atoms with Crippen molar-refractivity contribution in [2.75, 3.05) is 5.32 Å². The number of imidazole rings is 1. The van der Waals surface area contributed by atoms with Crippen LogP contribution in [-0.4, -0.2) is 56.2 Å². The molecule has 0 spiro atoms. The van der Waals surface area contributed by atoms with Gasteiger partial charge in [-0.3, -0.25) is 0 Å². The molecule has 0 aliphatic carbocycles. The monoisotopic (exact) mass is 320 g/mol. The van der Waals surface area contributed by atoms with Gasteiger partial charge in [0, 0.05) is 35.2 Å². The average Bonchev–Trinajstić information content (AvgIpc) is 2.83. The first-order valence-corrected chi connectivity index (χ1v) is 6.41. The van der Waals surface area contributed by atoms with E-state index in [0.717, 1.165) is 4.57 Å². The van der Waals surface area contributed by atoms with Crippen LogP contribution in [0.15, 0.2) is 53.3 Å². The van der Waals surface area contributed by atoms with E-state index in [1.54, 1.807) is 30.3 Å². The molecule has 2 aromatic carbocycles. The molecule has 3 N–H and O–H groups in total. The van der Waals surface area contributed by atoms with E-state index in [-0.39, 0.29) is 35.1 Å². The van der Waals surface area contributed by atoms with Gasteiger partial charge in [0.15, 0.2) is 0 Å². The van der Waals surface area contributed by atoms with Crippen molar-refractivity contribution in [2.24, 2.45) is 0 Å². The maximum atomic E-state index is 12.3. The van der Waals surface area contributed by atoms with Crippen LogP contribution in [-0.2, 0) is 0 Å². The van der Waals surface area contributed by atoms with E-state index in [4.69, 9.17) is 5.11 Å². The van der Waals surface area contributed by atoms with Gasteiger partial charge in [-0.05, 0) is 30.3 Å². The Bertz CT molecular complexity index is 945. The number of aromatic amines is 1. The SMILES string of the molecule is O=C(O)c1cccc(NC(=O)n2c(=O)[nH]c3ccccc32)c1.[Na]. The Morgan fingerprint density at radius 1 is 1.09 bits per heavy atom. The summed E-state index contributed by atoms with van der Waals surface area (Å²) in [6.07, 6.45) is 0. The minimum absolute atomic E-state index is 0. The summed E-state index contributed by atoms with van der Waals surface area (Å²) < 4.78 is 0.961. The molecule has 0 bridgehead atoms. The molecule has 1 heterocycles. The zero-order chi connectivity index (χ0) is 15.7. The molecule has 7 nitrogen and oxygen atoms in total. The van der Waals surface area contributed by atoms with Crippen LogP contribution in [0, 0.1) is 0 Å². The molecule has 0 saturated carbocycles. The summed E-state index contributed by atoms with van der Waals surface area (Å²) in [6.45, 7) is 0. The summed E-state index contributed by atoms with van der Waals surface area (Å²) in [5, 5.41) is 11.5. The Balaban J connectivity index is 0.00000192. The van der Waals surface area contributed by atoms with Gasteiger partial charge in [-0.1, -0.05) is 18.2 Å². The van der Waals surface area contributed by atoms with Crippen molar-refractivity contribution in [1.82, 2.24) is 9.55 Å². The number of amides is 1. The third-order valence-electron chi connectivity index (χ3n) is 3.15. The fraction of sp³-hybridized carbons (Fsp3) is 0. The number of anilines is 1. The van der Waals surface area contributed by atoms with Crippen LogP contribution < -0.4 is 11.0 Å². The summed E-state index contributed by atoms with van der Waals surface area (Å²) in [7, 11) is 0. The van der Waals surface area contributed by atoms with E-state index in [1.165, 1.54) is 18.2 Å². The molecule has 1 amide bonds. The van der Waals surface area contributed by atoms with Crippen molar-refractivity contribution >= 4 is 58.3 Å². The number of benzene rings is 2. The molecular weight excluding hydrogens is 309 g/mol. The zero-order valence-electron chi connectivity index (χ0n) is 12.2. The van der Waals surface area contributed by atoms with Gasteiger partial charge in [-0.2, -0.15) is 0 Å². The molecule has 0 fully saturated rings. The number of carbonyl (C=O) groups is 2. The second-order valence-electron chi connectivity index (χ2n) is 4.60. The standard InChI is InChI=1S/C15H11N3O4.Na/c19-13(20)9-4-3-5-10(8-9)16-14(21)18-12-7-2-1-6-11(12)17-15(18)22;/h1-8H,(H,16,21)(H,17,22)(H,19,20);. The Labute approximate surface area is 152 Å². The van der Waals surface area contributed by atoms with Gasteiger partial charge in [0.2, 0.25) is 0 Å². The van der Waals surface area contributed by atoms with Crippen molar-refractivity contribution in [1.29, 1.82) is 0 Å². The number of rotatable bonds is 2.